The maximum atomic E-state index is 2.19. The molecule has 0 amide bonds. The maximum Gasteiger partial charge on any atom is 0.248 e. The van der Waals surface area contributed by atoms with Crippen molar-refractivity contribution in [3.63, 3.8) is 0 Å². The molecule has 0 atom stereocenters. The van der Waals surface area contributed by atoms with E-state index < -0.39 is 0 Å². The average molecular weight is 321 g/mol. The van der Waals surface area contributed by atoms with E-state index in [0.29, 0.717) is 0 Å². The lowest BCUT2D eigenvalue weighted by Gasteiger charge is -2.03. The minimum atomic E-state index is 1.12. The van der Waals surface area contributed by atoms with Crippen molar-refractivity contribution in [1.82, 2.24) is 13.7 Å². The molecule has 1 aromatic carbocycles. The number of nitrogens with zero attached hydrogens (tertiary/aromatic N) is 6. The van der Waals surface area contributed by atoms with Gasteiger partial charge in [-0.3, -0.25) is 0 Å². The van der Waals surface area contributed by atoms with Crippen molar-refractivity contribution < 1.29 is 13.7 Å². The van der Waals surface area contributed by atoms with E-state index in [4.69, 9.17) is 0 Å². The lowest BCUT2D eigenvalue weighted by Crippen LogP contribution is -2.24. The molecule has 4 aromatic rings. The van der Waals surface area contributed by atoms with Crippen molar-refractivity contribution in [2.75, 3.05) is 0 Å². The molecule has 3 aromatic heterocycles. The van der Waals surface area contributed by atoms with Crippen molar-refractivity contribution in [2.24, 2.45) is 21.1 Å². The Labute approximate surface area is 140 Å². The van der Waals surface area contributed by atoms with Crippen LogP contribution in [0.25, 0.3) is 17.1 Å². The first-order valence-corrected chi connectivity index (χ1v) is 7.84. The van der Waals surface area contributed by atoms with E-state index in [1.54, 1.807) is 0 Å². The predicted octanol–water partition coefficient (Wildman–Crippen LogP) is 0.532. The number of rotatable bonds is 3. The summed E-state index contributed by atoms with van der Waals surface area (Å²) in [6, 6.07) is 6.56. The van der Waals surface area contributed by atoms with Crippen molar-refractivity contribution in [1.29, 1.82) is 0 Å². The van der Waals surface area contributed by atoms with Gasteiger partial charge in [0.2, 0.25) is 19.0 Å². The number of imidazole rings is 3. The molecule has 6 nitrogen and oxygen atoms in total. The van der Waals surface area contributed by atoms with Crippen molar-refractivity contribution in [3.8, 4) is 17.1 Å². The molecule has 0 aliphatic heterocycles. The summed E-state index contributed by atoms with van der Waals surface area (Å²) in [7, 11) is 6.08. The number of aryl methyl sites for hydroxylation is 3. The zero-order valence-electron chi connectivity index (χ0n) is 14.1. The first-order chi connectivity index (χ1) is 11.6. The third kappa shape index (κ3) is 2.62. The molecule has 0 bridgehead atoms. The van der Waals surface area contributed by atoms with Gasteiger partial charge in [0.05, 0.1) is 21.1 Å². The van der Waals surface area contributed by atoms with E-state index in [1.165, 1.54) is 0 Å². The molecular weight excluding hydrogens is 300 g/mol. The highest BCUT2D eigenvalue weighted by Crippen LogP contribution is 2.20. The van der Waals surface area contributed by atoms with Gasteiger partial charge < -0.3 is 0 Å². The molecule has 0 N–H and O–H groups in total. The predicted molar refractivity (Wildman–Crippen MR) is 88.0 cm³/mol. The Kier molecular flexibility index (Phi) is 3.30. The van der Waals surface area contributed by atoms with Crippen LogP contribution in [-0.2, 0) is 21.1 Å². The second-order valence-corrected chi connectivity index (χ2v) is 6.17. The van der Waals surface area contributed by atoms with Crippen LogP contribution < -0.4 is 13.7 Å². The van der Waals surface area contributed by atoms with Gasteiger partial charge in [-0.15, -0.1) is 0 Å². The second-order valence-electron chi connectivity index (χ2n) is 6.17. The third-order valence-electron chi connectivity index (χ3n) is 4.09. The van der Waals surface area contributed by atoms with E-state index in [2.05, 4.69) is 69.5 Å². The van der Waals surface area contributed by atoms with Crippen LogP contribution in [0.5, 0.6) is 0 Å². The number of hydrogen-bond acceptors (Lipinski definition) is 0. The fourth-order valence-electron chi connectivity index (χ4n) is 2.84. The van der Waals surface area contributed by atoms with E-state index in [9.17, 15) is 0 Å². The van der Waals surface area contributed by atoms with Crippen LogP contribution in [-0.4, -0.2) is 13.7 Å². The SMILES string of the molecule is C[n+]1ccn(-c2cc(-n3cc[n+](C)c3)cc(-n3cc[n+](C)c3)c2)c1. The highest BCUT2D eigenvalue weighted by atomic mass is 15.1. The van der Waals surface area contributed by atoms with Gasteiger partial charge in [0.1, 0.15) is 54.2 Å². The van der Waals surface area contributed by atoms with Gasteiger partial charge in [-0.25, -0.2) is 27.4 Å². The van der Waals surface area contributed by atoms with E-state index >= 15 is 0 Å². The number of hydrogen-bond donors (Lipinski definition) is 0. The number of aromatic nitrogens is 6. The van der Waals surface area contributed by atoms with E-state index in [1.807, 2.05) is 53.4 Å². The van der Waals surface area contributed by atoms with Crippen molar-refractivity contribution in [2.45, 2.75) is 0 Å². The molecule has 0 spiro atoms. The summed E-state index contributed by atoms with van der Waals surface area (Å²) >= 11 is 0. The minimum absolute atomic E-state index is 1.12. The topological polar surface area (TPSA) is 26.4 Å². The zero-order chi connectivity index (χ0) is 16.7. The first-order valence-electron chi connectivity index (χ1n) is 7.84. The summed E-state index contributed by atoms with van der Waals surface area (Å²) in [5.41, 5.74) is 3.36. The molecule has 0 saturated heterocycles. The zero-order valence-corrected chi connectivity index (χ0v) is 14.1. The molecule has 0 aliphatic carbocycles. The third-order valence-corrected chi connectivity index (χ3v) is 4.09. The molecule has 0 fully saturated rings. The normalized spacial score (nSPS) is 11.1. The minimum Gasteiger partial charge on any atom is -0.239 e. The molecule has 6 heteroatoms. The van der Waals surface area contributed by atoms with E-state index in [0.717, 1.165) is 17.1 Å². The monoisotopic (exact) mass is 321 g/mol. The van der Waals surface area contributed by atoms with Crippen molar-refractivity contribution in [3.05, 3.63) is 74.4 Å². The molecule has 4 rings (SSSR count). The van der Waals surface area contributed by atoms with Gasteiger partial charge in [0.25, 0.3) is 0 Å². The van der Waals surface area contributed by atoms with Crippen LogP contribution in [0.15, 0.2) is 74.4 Å². The Bertz CT molecular complexity index is 863. The van der Waals surface area contributed by atoms with Gasteiger partial charge >= 0.3 is 0 Å². The van der Waals surface area contributed by atoms with Gasteiger partial charge in [-0.2, -0.15) is 0 Å². The largest absolute Gasteiger partial charge is 0.248 e. The Morgan fingerprint density at radius 3 is 1.04 bits per heavy atom. The fraction of sp³-hybridized carbons (Fsp3) is 0.167. The lowest BCUT2D eigenvalue weighted by atomic mass is 10.2. The van der Waals surface area contributed by atoms with Crippen LogP contribution in [0.4, 0.5) is 0 Å². The maximum absolute atomic E-state index is 2.19. The highest BCUT2D eigenvalue weighted by molar-refractivity contribution is 5.53. The smallest absolute Gasteiger partial charge is 0.239 e. The Balaban J connectivity index is 1.90. The quantitative estimate of drug-likeness (QED) is 0.492. The summed E-state index contributed by atoms with van der Waals surface area (Å²) in [5.74, 6) is 0. The summed E-state index contributed by atoms with van der Waals surface area (Å²) < 4.78 is 12.5. The summed E-state index contributed by atoms with van der Waals surface area (Å²) in [6.45, 7) is 0. The van der Waals surface area contributed by atoms with Gasteiger partial charge in [0.15, 0.2) is 0 Å². The van der Waals surface area contributed by atoms with Crippen LogP contribution in [0.3, 0.4) is 0 Å². The summed E-state index contributed by atoms with van der Waals surface area (Å²) in [4.78, 5) is 0. The molecule has 0 aliphatic rings. The van der Waals surface area contributed by atoms with Crippen LogP contribution >= 0.6 is 0 Å². The molecule has 24 heavy (non-hydrogen) atoms. The molecule has 0 saturated carbocycles. The molecule has 3 heterocycles. The van der Waals surface area contributed by atoms with Gasteiger partial charge in [-0.05, 0) is 0 Å². The van der Waals surface area contributed by atoms with Gasteiger partial charge in [0, 0.05) is 18.2 Å². The Morgan fingerprint density at radius 1 is 0.542 bits per heavy atom. The van der Waals surface area contributed by atoms with Crippen molar-refractivity contribution >= 4 is 0 Å². The summed E-state index contributed by atoms with van der Waals surface area (Å²) in [6.07, 6.45) is 18.5. The molecular formula is C18H21N6+3. The van der Waals surface area contributed by atoms with Crippen LogP contribution in [0.1, 0.15) is 0 Å². The summed E-state index contributed by atoms with van der Waals surface area (Å²) in [5, 5.41) is 0. The standard InChI is InChI=1S/C18H21N6/c1-19-4-7-22(13-19)16-10-17(23-8-5-20(2)14-23)12-18(11-16)24-9-6-21(3)15-24/h4-15H,1-3H3/q+3. The van der Waals surface area contributed by atoms with Crippen LogP contribution in [0.2, 0.25) is 0 Å². The van der Waals surface area contributed by atoms with E-state index in [-0.39, 0.29) is 0 Å². The van der Waals surface area contributed by atoms with Crippen LogP contribution in [0, 0.1) is 0 Å². The molecule has 120 valence electrons. The Morgan fingerprint density at radius 2 is 0.833 bits per heavy atom. The van der Waals surface area contributed by atoms with Gasteiger partial charge in [-0.1, -0.05) is 0 Å². The average Bonchev–Trinajstić information content (AvgIpc) is 3.28. The highest BCUT2D eigenvalue weighted by Gasteiger charge is 2.16. The first kappa shape index (κ1) is 14.4. The molecule has 0 unspecified atom stereocenters. The fourth-order valence-corrected chi connectivity index (χ4v) is 2.84. The second kappa shape index (κ2) is 5.49. The lowest BCUT2D eigenvalue weighted by molar-refractivity contribution is -0.670. The number of benzene rings is 1. The Hall–Kier alpha value is -3.15. The molecule has 0 radical (unpaired) electrons.